The molecule has 0 unspecified atom stereocenters. The van der Waals surface area contributed by atoms with Gasteiger partial charge < -0.3 is 10.2 Å². The molecule has 2 aromatic carbocycles. The lowest BCUT2D eigenvalue weighted by atomic mass is 9.95. The van der Waals surface area contributed by atoms with Gasteiger partial charge in [-0.25, -0.2) is 8.42 Å². The molecule has 1 saturated carbocycles. The molecule has 0 aliphatic heterocycles. The van der Waals surface area contributed by atoms with E-state index in [4.69, 9.17) is 23.2 Å². The van der Waals surface area contributed by atoms with Gasteiger partial charge in [0.2, 0.25) is 21.8 Å². The van der Waals surface area contributed by atoms with E-state index in [9.17, 15) is 18.0 Å². The smallest absolute Gasteiger partial charge is 0.243 e. The Labute approximate surface area is 236 Å². The largest absolute Gasteiger partial charge is 0.352 e. The molecule has 1 atom stereocenters. The second kappa shape index (κ2) is 14.2. The lowest BCUT2D eigenvalue weighted by molar-refractivity contribution is -0.141. The summed E-state index contributed by atoms with van der Waals surface area (Å²) < 4.78 is 26.3. The number of halogens is 2. The van der Waals surface area contributed by atoms with Gasteiger partial charge in [-0.15, -0.1) is 0 Å². The molecule has 3 rings (SSSR count). The van der Waals surface area contributed by atoms with Crippen LogP contribution < -0.4 is 9.62 Å². The van der Waals surface area contributed by atoms with Crippen LogP contribution in [0.3, 0.4) is 0 Å². The SMILES string of the molecule is CC[C@H](C(=O)NC1CCCCC1)N(Cc1ccccc1)C(=O)CCCN(c1cc(Cl)ccc1Cl)S(C)(=O)=O. The molecule has 2 amide bonds. The van der Waals surface area contributed by atoms with Gasteiger partial charge in [0, 0.05) is 30.6 Å². The van der Waals surface area contributed by atoms with Crippen molar-refractivity contribution in [3.8, 4) is 0 Å². The van der Waals surface area contributed by atoms with Gasteiger partial charge in [-0.3, -0.25) is 13.9 Å². The minimum atomic E-state index is -3.67. The molecule has 0 saturated heterocycles. The van der Waals surface area contributed by atoms with Crippen molar-refractivity contribution in [2.24, 2.45) is 0 Å². The van der Waals surface area contributed by atoms with Crippen molar-refractivity contribution < 1.29 is 18.0 Å². The van der Waals surface area contributed by atoms with E-state index in [1.165, 1.54) is 16.8 Å². The van der Waals surface area contributed by atoms with Crippen molar-refractivity contribution in [1.29, 1.82) is 0 Å². The summed E-state index contributed by atoms with van der Waals surface area (Å²) in [5.41, 5.74) is 1.20. The number of hydrogen-bond donors (Lipinski definition) is 1. The van der Waals surface area contributed by atoms with Crippen molar-refractivity contribution in [2.75, 3.05) is 17.1 Å². The summed E-state index contributed by atoms with van der Waals surface area (Å²) in [6, 6.07) is 13.7. The van der Waals surface area contributed by atoms with E-state index in [2.05, 4.69) is 5.32 Å². The van der Waals surface area contributed by atoms with Gasteiger partial charge in [-0.05, 0) is 49.4 Å². The number of sulfonamides is 1. The maximum atomic E-state index is 13.6. The Morgan fingerprint density at radius 3 is 2.37 bits per heavy atom. The minimum Gasteiger partial charge on any atom is -0.352 e. The first-order valence-corrected chi connectivity index (χ1v) is 15.8. The summed E-state index contributed by atoms with van der Waals surface area (Å²) in [6.07, 6.45) is 7.20. The summed E-state index contributed by atoms with van der Waals surface area (Å²) >= 11 is 12.4. The maximum absolute atomic E-state index is 13.6. The van der Waals surface area contributed by atoms with Crippen LogP contribution in [0, 0.1) is 0 Å². The number of hydrogen-bond acceptors (Lipinski definition) is 4. The van der Waals surface area contributed by atoms with Gasteiger partial charge in [0.25, 0.3) is 0 Å². The summed E-state index contributed by atoms with van der Waals surface area (Å²) in [7, 11) is -3.67. The first-order valence-electron chi connectivity index (χ1n) is 13.2. The number of nitrogens with one attached hydrogen (secondary N) is 1. The zero-order valence-electron chi connectivity index (χ0n) is 22.0. The summed E-state index contributed by atoms with van der Waals surface area (Å²) in [4.78, 5) is 28.5. The Bertz CT molecular complexity index is 1190. The Morgan fingerprint density at radius 1 is 1.05 bits per heavy atom. The number of amides is 2. The maximum Gasteiger partial charge on any atom is 0.243 e. The van der Waals surface area contributed by atoms with Gasteiger partial charge in [0.1, 0.15) is 6.04 Å². The Kier molecular flexibility index (Phi) is 11.3. The van der Waals surface area contributed by atoms with E-state index in [-0.39, 0.29) is 48.0 Å². The number of nitrogens with zero attached hydrogens (tertiary/aromatic N) is 2. The van der Waals surface area contributed by atoms with Crippen molar-refractivity contribution in [3.05, 3.63) is 64.1 Å². The van der Waals surface area contributed by atoms with E-state index in [1.807, 2.05) is 37.3 Å². The van der Waals surface area contributed by atoms with Gasteiger partial charge in [-0.1, -0.05) is 79.7 Å². The van der Waals surface area contributed by atoms with Gasteiger partial charge in [-0.2, -0.15) is 0 Å². The second-order valence-electron chi connectivity index (χ2n) is 9.81. The van der Waals surface area contributed by atoms with Crippen LogP contribution in [-0.2, 0) is 26.2 Å². The summed E-state index contributed by atoms with van der Waals surface area (Å²) in [5, 5.41) is 3.78. The first-order chi connectivity index (χ1) is 18.1. The molecular weight excluding hydrogens is 545 g/mol. The molecule has 0 bridgehead atoms. The molecule has 1 fully saturated rings. The third-order valence-corrected chi connectivity index (χ3v) is 8.60. The van der Waals surface area contributed by atoms with Gasteiger partial charge >= 0.3 is 0 Å². The highest BCUT2D eigenvalue weighted by molar-refractivity contribution is 7.92. The number of carbonyl (C=O) groups is 2. The Hall–Kier alpha value is -2.29. The van der Waals surface area contributed by atoms with E-state index in [0.29, 0.717) is 18.0 Å². The highest BCUT2D eigenvalue weighted by Crippen LogP contribution is 2.31. The fraction of sp³-hybridized carbons (Fsp3) is 0.500. The summed E-state index contributed by atoms with van der Waals surface area (Å²) in [5.74, 6) is -0.336. The molecule has 0 heterocycles. The molecule has 2 aromatic rings. The fourth-order valence-corrected chi connectivity index (χ4v) is 6.31. The molecule has 1 N–H and O–H groups in total. The molecule has 7 nitrogen and oxygen atoms in total. The molecule has 208 valence electrons. The molecule has 38 heavy (non-hydrogen) atoms. The molecule has 10 heteroatoms. The first kappa shape index (κ1) is 30.3. The third-order valence-electron chi connectivity index (χ3n) is 6.86. The van der Waals surface area contributed by atoms with Crippen LogP contribution in [0.1, 0.15) is 63.9 Å². The molecule has 0 radical (unpaired) electrons. The average molecular weight is 583 g/mol. The monoisotopic (exact) mass is 581 g/mol. The fourth-order valence-electron chi connectivity index (χ4n) is 4.90. The molecular formula is C28H37Cl2N3O4S. The van der Waals surface area contributed by atoms with Crippen LogP contribution in [0.4, 0.5) is 5.69 Å². The van der Waals surface area contributed by atoms with Gasteiger partial charge in [0.05, 0.1) is 17.0 Å². The quantitative estimate of drug-likeness (QED) is 0.343. The van der Waals surface area contributed by atoms with Crippen LogP contribution in [0.5, 0.6) is 0 Å². The number of benzene rings is 2. The topological polar surface area (TPSA) is 86.8 Å². The standard InChI is InChI=1S/C28H37Cl2N3O4S/c1-3-25(28(35)31-23-13-8-5-9-14-23)32(20-21-11-6-4-7-12-21)27(34)15-10-18-33(38(2,36)37)26-19-22(29)16-17-24(26)30/h4,6-7,11-12,16-17,19,23,25H,3,5,8-10,13-15,18,20H2,1-2H3,(H,31,35)/t25-/m1/s1. The van der Waals surface area contributed by atoms with Crippen molar-refractivity contribution in [1.82, 2.24) is 10.2 Å². The van der Waals surface area contributed by atoms with Crippen LogP contribution in [0.15, 0.2) is 48.5 Å². The van der Waals surface area contributed by atoms with Gasteiger partial charge in [0.15, 0.2) is 0 Å². The summed E-state index contributed by atoms with van der Waals surface area (Å²) in [6.45, 7) is 2.25. The zero-order chi connectivity index (χ0) is 27.7. The van der Waals surface area contributed by atoms with Crippen molar-refractivity contribution in [3.63, 3.8) is 0 Å². The third kappa shape index (κ3) is 8.61. The van der Waals surface area contributed by atoms with Crippen molar-refractivity contribution >= 4 is 50.7 Å². The second-order valence-corrected chi connectivity index (χ2v) is 12.6. The van der Waals surface area contributed by atoms with E-state index < -0.39 is 16.1 Å². The van der Waals surface area contributed by atoms with Crippen LogP contribution >= 0.6 is 23.2 Å². The lowest BCUT2D eigenvalue weighted by Gasteiger charge is -2.33. The van der Waals surface area contributed by atoms with Crippen LogP contribution in [0.25, 0.3) is 0 Å². The highest BCUT2D eigenvalue weighted by Gasteiger charge is 2.30. The molecule has 0 spiro atoms. The van der Waals surface area contributed by atoms with Crippen molar-refractivity contribution in [2.45, 2.75) is 76.9 Å². The average Bonchev–Trinajstić information content (AvgIpc) is 2.88. The van der Waals surface area contributed by atoms with E-state index in [0.717, 1.165) is 37.5 Å². The molecule has 1 aliphatic carbocycles. The number of rotatable bonds is 12. The van der Waals surface area contributed by atoms with E-state index >= 15 is 0 Å². The number of carbonyl (C=O) groups excluding carboxylic acids is 2. The number of anilines is 1. The predicted molar refractivity (Wildman–Crippen MR) is 154 cm³/mol. The Balaban J connectivity index is 1.75. The minimum absolute atomic E-state index is 0.0505. The lowest BCUT2D eigenvalue weighted by Crippen LogP contribution is -2.51. The predicted octanol–water partition coefficient (Wildman–Crippen LogP) is 5.80. The van der Waals surface area contributed by atoms with Crippen LogP contribution in [-0.4, -0.2) is 50.0 Å². The van der Waals surface area contributed by atoms with Crippen LogP contribution in [0.2, 0.25) is 10.0 Å². The molecule has 1 aliphatic rings. The van der Waals surface area contributed by atoms with E-state index in [1.54, 1.807) is 17.0 Å². The highest BCUT2D eigenvalue weighted by atomic mass is 35.5. The normalized spacial score (nSPS) is 15.1. The zero-order valence-corrected chi connectivity index (χ0v) is 24.4. The molecule has 0 aromatic heterocycles. The Morgan fingerprint density at radius 2 is 1.74 bits per heavy atom.